The lowest BCUT2D eigenvalue weighted by Gasteiger charge is -2.07. The van der Waals surface area contributed by atoms with Gasteiger partial charge in [-0.2, -0.15) is 4.68 Å². The first-order chi connectivity index (χ1) is 13.0. The van der Waals surface area contributed by atoms with Crippen LogP contribution in [0.3, 0.4) is 0 Å². The zero-order chi connectivity index (χ0) is 19.4. The van der Waals surface area contributed by atoms with Gasteiger partial charge < -0.3 is 10.5 Å². The van der Waals surface area contributed by atoms with Crippen molar-refractivity contribution in [1.82, 2.24) is 14.5 Å². The van der Waals surface area contributed by atoms with Gasteiger partial charge in [0.05, 0.1) is 12.3 Å². The highest BCUT2D eigenvalue weighted by Gasteiger charge is 2.13. The standard InChI is InChI=1S/C18H18ClN5O2S/c1-2-26-15-9-3-12(4-10-15)16(25)11-23-18(27)24(17(20)22-23)21-14-7-5-13(19)6-8-14/h3-10,21H,2,11H2,1H3,(H2,20,22). The van der Waals surface area contributed by atoms with Crippen molar-refractivity contribution >= 4 is 41.2 Å². The lowest BCUT2D eigenvalue weighted by atomic mass is 10.1. The Hall–Kier alpha value is -2.84. The van der Waals surface area contributed by atoms with Gasteiger partial charge in [0.1, 0.15) is 12.3 Å². The van der Waals surface area contributed by atoms with Crippen molar-refractivity contribution in [2.45, 2.75) is 13.5 Å². The number of aromatic nitrogens is 3. The number of anilines is 2. The van der Waals surface area contributed by atoms with Gasteiger partial charge in [0.2, 0.25) is 10.7 Å². The van der Waals surface area contributed by atoms with Crippen LogP contribution in [0.15, 0.2) is 48.5 Å². The van der Waals surface area contributed by atoms with Crippen LogP contribution in [0.1, 0.15) is 17.3 Å². The molecular formula is C18H18ClN5O2S. The zero-order valence-corrected chi connectivity index (χ0v) is 16.1. The largest absolute Gasteiger partial charge is 0.494 e. The molecule has 0 bridgehead atoms. The van der Waals surface area contributed by atoms with Crippen LogP contribution in [0, 0.1) is 4.77 Å². The summed E-state index contributed by atoms with van der Waals surface area (Å²) in [4.78, 5) is 12.5. The van der Waals surface area contributed by atoms with Gasteiger partial charge in [-0.15, -0.1) is 5.10 Å². The van der Waals surface area contributed by atoms with Gasteiger partial charge in [-0.1, -0.05) is 11.6 Å². The SMILES string of the molecule is CCOc1ccc(C(=O)Cn2nc(N)n(Nc3ccc(Cl)cc3)c2=S)cc1. The molecule has 0 unspecified atom stereocenters. The van der Waals surface area contributed by atoms with Crippen molar-refractivity contribution < 1.29 is 9.53 Å². The quantitative estimate of drug-likeness (QED) is 0.460. The predicted molar refractivity (Wildman–Crippen MR) is 108 cm³/mol. The van der Waals surface area contributed by atoms with Gasteiger partial charge in [-0.05, 0) is 67.7 Å². The number of nitrogen functional groups attached to an aromatic ring is 1. The van der Waals surface area contributed by atoms with Crippen LogP contribution in [0.25, 0.3) is 0 Å². The van der Waals surface area contributed by atoms with E-state index in [1.165, 1.54) is 9.36 Å². The molecule has 0 saturated carbocycles. The Morgan fingerprint density at radius 1 is 1.22 bits per heavy atom. The number of nitrogens with zero attached hydrogens (tertiary/aromatic N) is 3. The van der Waals surface area contributed by atoms with E-state index in [0.29, 0.717) is 22.9 Å². The Morgan fingerprint density at radius 3 is 2.52 bits per heavy atom. The number of halogens is 1. The van der Waals surface area contributed by atoms with E-state index in [1.807, 2.05) is 6.92 Å². The molecule has 3 aromatic rings. The van der Waals surface area contributed by atoms with Crippen LogP contribution in [-0.4, -0.2) is 26.8 Å². The normalized spacial score (nSPS) is 10.6. The maximum Gasteiger partial charge on any atom is 0.240 e. The molecule has 0 aliphatic carbocycles. The Bertz CT molecular complexity index is 996. The van der Waals surface area contributed by atoms with Gasteiger partial charge in [-0.25, -0.2) is 4.68 Å². The van der Waals surface area contributed by atoms with Gasteiger partial charge in [0.25, 0.3) is 0 Å². The maximum absolute atomic E-state index is 12.5. The van der Waals surface area contributed by atoms with E-state index >= 15 is 0 Å². The van der Waals surface area contributed by atoms with E-state index in [0.717, 1.165) is 5.69 Å². The summed E-state index contributed by atoms with van der Waals surface area (Å²) in [5, 5.41) is 4.77. The number of hydrogen-bond donors (Lipinski definition) is 2. The second-order valence-electron chi connectivity index (χ2n) is 5.63. The molecule has 3 rings (SSSR count). The second kappa shape index (κ2) is 8.24. The van der Waals surface area contributed by atoms with Crippen LogP contribution < -0.4 is 15.9 Å². The fourth-order valence-corrected chi connectivity index (χ4v) is 2.79. The number of rotatable bonds is 7. The molecular weight excluding hydrogens is 386 g/mol. The molecule has 0 saturated heterocycles. The minimum Gasteiger partial charge on any atom is -0.494 e. The molecule has 0 spiro atoms. The summed E-state index contributed by atoms with van der Waals surface area (Å²) in [6.45, 7) is 2.45. The van der Waals surface area contributed by atoms with Gasteiger partial charge in [-0.3, -0.25) is 10.2 Å². The van der Waals surface area contributed by atoms with Crippen molar-refractivity contribution in [3.63, 3.8) is 0 Å². The topological polar surface area (TPSA) is 87.1 Å². The van der Waals surface area contributed by atoms with Crippen LogP contribution in [0.5, 0.6) is 5.75 Å². The first-order valence-corrected chi connectivity index (χ1v) is 9.00. The first kappa shape index (κ1) is 18.9. The zero-order valence-electron chi connectivity index (χ0n) is 14.6. The Labute approximate surface area is 166 Å². The second-order valence-corrected chi connectivity index (χ2v) is 6.43. The molecule has 0 aliphatic rings. The number of ketones is 1. The Morgan fingerprint density at radius 2 is 1.89 bits per heavy atom. The highest BCUT2D eigenvalue weighted by molar-refractivity contribution is 7.71. The summed E-state index contributed by atoms with van der Waals surface area (Å²) in [5.41, 5.74) is 10.3. The monoisotopic (exact) mass is 403 g/mol. The molecule has 0 atom stereocenters. The number of Topliss-reactive ketones (excluding diaryl/α,β-unsaturated/α-hetero) is 1. The third-order valence-electron chi connectivity index (χ3n) is 3.73. The Kier molecular flexibility index (Phi) is 5.78. The number of ether oxygens (including phenoxy) is 1. The summed E-state index contributed by atoms with van der Waals surface area (Å²) in [6.07, 6.45) is 0. The van der Waals surface area contributed by atoms with Crippen molar-refractivity contribution in [2.75, 3.05) is 17.8 Å². The van der Waals surface area contributed by atoms with Gasteiger partial charge in [0.15, 0.2) is 5.78 Å². The average molecular weight is 404 g/mol. The van der Waals surface area contributed by atoms with Crippen molar-refractivity contribution in [1.29, 1.82) is 0 Å². The Balaban J connectivity index is 1.76. The minimum absolute atomic E-state index is 0.0215. The van der Waals surface area contributed by atoms with E-state index in [4.69, 9.17) is 34.3 Å². The summed E-state index contributed by atoms with van der Waals surface area (Å²) in [5.74, 6) is 0.728. The van der Waals surface area contributed by atoms with E-state index < -0.39 is 0 Å². The van der Waals surface area contributed by atoms with Gasteiger partial charge >= 0.3 is 0 Å². The molecule has 0 amide bonds. The van der Waals surface area contributed by atoms with Crippen LogP contribution in [0.4, 0.5) is 11.6 Å². The molecule has 140 valence electrons. The van der Waals surface area contributed by atoms with Crippen LogP contribution in [0.2, 0.25) is 5.02 Å². The van der Waals surface area contributed by atoms with Gasteiger partial charge in [0, 0.05) is 10.6 Å². The van der Waals surface area contributed by atoms with E-state index in [-0.39, 0.29) is 23.0 Å². The fraction of sp³-hybridized carbons (Fsp3) is 0.167. The molecule has 0 aliphatic heterocycles. The van der Waals surface area contributed by atoms with Crippen molar-refractivity contribution in [3.05, 3.63) is 63.9 Å². The summed E-state index contributed by atoms with van der Waals surface area (Å²) >= 11 is 11.3. The van der Waals surface area contributed by atoms with Crippen LogP contribution >= 0.6 is 23.8 Å². The lowest BCUT2D eigenvalue weighted by molar-refractivity contribution is 0.0967. The smallest absolute Gasteiger partial charge is 0.240 e. The third-order valence-corrected chi connectivity index (χ3v) is 4.38. The fourth-order valence-electron chi connectivity index (χ4n) is 2.42. The molecule has 0 radical (unpaired) electrons. The molecule has 9 heteroatoms. The third kappa shape index (κ3) is 4.47. The number of nitrogens with two attached hydrogens (primary N) is 1. The molecule has 1 aromatic heterocycles. The van der Waals surface area contributed by atoms with E-state index in [1.54, 1.807) is 48.5 Å². The maximum atomic E-state index is 12.5. The van der Waals surface area contributed by atoms with Crippen molar-refractivity contribution in [2.24, 2.45) is 0 Å². The summed E-state index contributed by atoms with van der Waals surface area (Å²) in [7, 11) is 0. The summed E-state index contributed by atoms with van der Waals surface area (Å²) in [6, 6.07) is 14.0. The molecule has 1 heterocycles. The highest BCUT2D eigenvalue weighted by Crippen LogP contribution is 2.16. The predicted octanol–water partition coefficient (Wildman–Crippen LogP) is 3.81. The first-order valence-electron chi connectivity index (χ1n) is 8.22. The molecule has 27 heavy (non-hydrogen) atoms. The van der Waals surface area contributed by atoms with Crippen molar-refractivity contribution in [3.8, 4) is 5.75 Å². The molecule has 0 fully saturated rings. The number of hydrogen-bond acceptors (Lipinski definition) is 6. The minimum atomic E-state index is -0.134. The number of carbonyl (C=O) groups is 1. The molecule has 2 aromatic carbocycles. The average Bonchev–Trinajstić information content (AvgIpc) is 2.91. The molecule has 7 nitrogen and oxygen atoms in total. The number of carbonyl (C=O) groups excluding carboxylic acids is 1. The summed E-state index contributed by atoms with van der Waals surface area (Å²) < 4.78 is 8.47. The highest BCUT2D eigenvalue weighted by atomic mass is 35.5. The van der Waals surface area contributed by atoms with E-state index in [9.17, 15) is 4.79 Å². The van der Waals surface area contributed by atoms with Crippen LogP contribution in [-0.2, 0) is 6.54 Å². The number of nitrogens with one attached hydrogen (secondary N) is 1. The molecule has 3 N–H and O–H groups in total. The lowest BCUT2D eigenvalue weighted by Crippen LogP contribution is -2.14. The van der Waals surface area contributed by atoms with E-state index in [2.05, 4.69) is 10.5 Å². The number of benzene rings is 2.